The van der Waals surface area contributed by atoms with E-state index in [1.807, 2.05) is 38.1 Å². The second kappa shape index (κ2) is 8.92. The van der Waals surface area contributed by atoms with Gasteiger partial charge in [-0.25, -0.2) is 9.50 Å². The Morgan fingerprint density at radius 3 is 2.56 bits per heavy atom. The Morgan fingerprint density at radius 1 is 1.08 bits per heavy atom. The molecule has 186 valence electrons. The number of aromatic nitrogens is 3. The Kier molecular flexibility index (Phi) is 5.89. The summed E-state index contributed by atoms with van der Waals surface area (Å²) in [6.07, 6.45) is -2.96. The largest absolute Gasteiger partial charge is 0.418 e. The number of hydrogen-bond donors (Lipinski definition) is 2. The van der Waals surface area contributed by atoms with Crippen LogP contribution in [0.15, 0.2) is 42.5 Å². The summed E-state index contributed by atoms with van der Waals surface area (Å²) in [4.78, 5) is 29.3. The molecule has 2 aromatic carbocycles. The first kappa shape index (κ1) is 23.8. The second-order valence-corrected chi connectivity index (χ2v) is 9.08. The molecule has 0 spiro atoms. The summed E-state index contributed by atoms with van der Waals surface area (Å²) in [6, 6.07) is 11.0. The summed E-state index contributed by atoms with van der Waals surface area (Å²) in [6.45, 7) is 3.73. The fourth-order valence-electron chi connectivity index (χ4n) is 4.34. The highest BCUT2D eigenvalue weighted by Crippen LogP contribution is 2.37. The predicted molar refractivity (Wildman–Crippen MR) is 130 cm³/mol. The van der Waals surface area contributed by atoms with Gasteiger partial charge in [-0.05, 0) is 69.0 Å². The molecule has 0 atom stereocenters. The van der Waals surface area contributed by atoms with Gasteiger partial charge in [-0.3, -0.25) is 9.59 Å². The number of aryl methyl sites for hydroxylation is 2. The predicted octanol–water partition coefficient (Wildman–Crippen LogP) is 5.44. The van der Waals surface area contributed by atoms with E-state index in [-0.39, 0.29) is 29.6 Å². The van der Waals surface area contributed by atoms with Crippen LogP contribution in [0.1, 0.15) is 41.8 Å². The third-order valence-electron chi connectivity index (χ3n) is 6.43. The van der Waals surface area contributed by atoms with Gasteiger partial charge in [0.05, 0.1) is 16.8 Å². The number of nitrogens with one attached hydrogen (secondary N) is 2. The van der Waals surface area contributed by atoms with E-state index in [2.05, 4.69) is 20.7 Å². The summed E-state index contributed by atoms with van der Waals surface area (Å²) in [7, 11) is 0. The van der Waals surface area contributed by atoms with Crippen molar-refractivity contribution in [2.45, 2.75) is 45.7 Å². The van der Waals surface area contributed by atoms with E-state index in [1.165, 1.54) is 12.1 Å². The minimum atomic E-state index is -4.70. The minimum absolute atomic E-state index is 0.0346. The van der Waals surface area contributed by atoms with Crippen molar-refractivity contribution in [2.75, 3.05) is 10.6 Å². The van der Waals surface area contributed by atoms with Crippen LogP contribution in [0, 0.1) is 19.8 Å². The zero-order valence-corrected chi connectivity index (χ0v) is 19.7. The lowest BCUT2D eigenvalue weighted by Crippen LogP contribution is -2.19. The third kappa shape index (κ3) is 4.62. The highest BCUT2D eigenvalue weighted by molar-refractivity contribution is 5.96. The molecule has 0 saturated heterocycles. The van der Waals surface area contributed by atoms with Gasteiger partial charge in [0.1, 0.15) is 0 Å². The molecule has 0 radical (unpaired) electrons. The molecular weight excluding hydrogens is 471 g/mol. The number of amides is 2. The van der Waals surface area contributed by atoms with Crippen LogP contribution in [0.5, 0.6) is 0 Å². The Hall–Kier alpha value is -3.95. The molecule has 1 saturated carbocycles. The number of carbonyl (C=O) groups excluding carboxylic acids is 2. The molecule has 10 heteroatoms. The Morgan fingerprint density at radius 2 is 1.83 bits per heavy atom. The number of fused-ring (bicyclic) bond motifs is 3. The van der Waals surface area contributed by atoms with Gasteiger partial charge < -0.3 is 10.6 Å². The van der Waals surface area contributed by atoms with E-state index in [9.17, 15) is 22.8 Å². The number of alkyl halides is 3. The van der Waals surface area contributed by atoms with Gasteiger partial charge in [-0.1, -0.05) is 12.1 Å². The van der Waals surface area contributed by atoms with Crippen LogP contribution in [0.2, 0.25) is 0 Å². The maximum atomic E-state index is 13.7. The molecule has 2 aromatic heterocycles. The molecule has 2 amide bonds. The van der Waals surface area contributed by atoms with E-state index in [0.29, 0.717) is 6.42 Å². The van der Waals surface area contributed by atoms with Gasteiger partial charge in [0.2, 0.25) is 11.8 Å². The number of halogens is 3. The normalized spacial score (nSPS) is 13.8. The fourth-order valence-corrected chi connectivity index (χ4v) is 4.34. The molecule has 0 unspecified atom stereocenters. The molecule has 4 aromatic rings. The van der Waals surface area contributed by atoms with Gasteiger partial charge in [-0.15, -0.1) is 0 Å². The summed E-state index contributed by atoms with van der Waals surface area (Å²) >= 11 is 0. The zero-order valence-electron chi connectivity index (χ0n) is 19.7. The molecule has 1 aliphatic rings. The Bertz CT molecular complexity index is 1510. The van der Waals surface area contributed by atoms with Crippen LogP contribution in [0.4, 0.5) is 24.5 Å². The maximum Gasteiger partial charge on any atom is 0.418 e. The number of carbonyl (C=O) groups is 2. The minimum Gasteiger partial charge on any atom is -0.326 e. The molecule has 7 nitrogen and oxygen atoms in total. The Balaban J connectivity index is 1.33. The van der Waals surface area contributed by atoms with Crippen molar-refractivity contribution < 1.29 is 22.8 Å². The lowest BCUT2D eigenvalue weighted by Gasteiger charge is -2.16. The lowest BCUT2D eigenvalue weighted by molar-refractivity contribution is -0.137. The van der Waals surface area contributed by atoms with E-state index >= 15 is 0 Å². The SMILES string of the molecule is Cc1nc2c3ccccc3nn2c(C)c1CCC(=O)Nc1ccc(NC(=O)C2CC2)cc1C(F)(F)F. The van der Waals surface area contributed by atoms with Gasteiger partial charge in [0.25, 0.3) is 0 Å². The highest BCUT2D eigenvalue weighted by Gasteiger charge is 2.35. The Labute approximate surface area is 204 Å². The average Bonchev–Trinajstić information content (AvgIpc) is 3.61. The smallest absolute Gasteiger partial charge is 0.326 e. The van der Waals surface area contributed by atoms with Crippen molar-refractivity contribution in [3.63, 3.8) is 0 Å². The number of benzene rings is 2. The van der Waals surface area contributed by atoms with Crippen LogP contribution >= 0.6 is 0 Å². The number of hydrogen-bond acceptors (Lipinski definition) is 4. The van der Waals surface area contributed by atoms with Gasteiger partial charge in [-0.2, -0.15) is 18.3 Å². The number of nitrogens with zero attached hydrogens (tertiary/aromatic N) is 3. The van der Waals surface area contributed by atoms with Crippen molar-refractivity contribution >= 4 is 39.7 Å². The molecule has 5 rings (SSSR count). The van der Waals surface area contributed by atoms with E-state index in [1.54, 1.807) is 4.52 Å². The molecule has 2 N–H and O–H groups in total. The van der Waals surface area contributed by atoms with Gasteiger partial charge >= 0.3 is 6.18 Å². The van der Waals surface area contributed by atoms with Crippen molar-refractivity contribution in [1.29, 1.82) is 0 Å². The topological polar surface area (TPSA) is 88.4 Å². The molecular formula is C26H24F3N5O2. The van der Waals surface area contributed by atoms with Crippen LogP contribution in [0.3, 0.4) is 0 Å². The highest BCUT2D eigenvalue weighted by atomic mass is 19.4. The van der Waals surface area contributed by atoms with Crippen molar-refractivity contribution in [3.05, 3.63) is 65.0 Å². The second-order valence-electron chi connectivity index (χ2n) is 9.08. The van der Waals surface area contributed by atoms with Crippen molar-refractivity contribution in [2.24, 2.45) is 5.92 Å². The average molecular weight is 496 g/mol. The zero-order chi connectivity index (χ0) is 25.6. The van der Waals surface area contributed by atoms with Crippen LogP contribution in [0.25, 0.3) is 16.6 Å². The van der Waals surface area contributed by atoms with Crippen LogP contribution < -0.4 is 10.6 Å². The summed E-state index contributed by atoms with van der Waals surface area (Å²) in [5.41, 5.74) is 2.60. The standard InChI is InChI=1S/C26H24F3N5O2/c1-14-18(15(2)34-24(30-14)19-5-3-4-6-21(19)33-34)10-12-23(35)32-22-11-9-17(13-20(22)26(27,28)29)31-25(36)16-7-8-16/h3-6,9,11,13,16H,7-8,10,12H2,1-2H3,(H,31,36)(H,32,35). The van der Waals surface area contributed by atoms with E-state index in [4.69, 9.17) is 0 Å². The summed E-state index contributed by atoms with van der Waals surface area (Å²) in [5, 5.41) is 10.4. The summed E-state index contributed by atoms with van der Waals surface area (Å²) < 4.78 is 42.8. The molecule has 0 aliphatic heterocycles. The summed E-state index contributed by atoms with van der Waals surface area (Å²) in [5.74, 6) is -0.986. The van der Waals surface area contributed by atoms with Gasteiger partial charge in [0.15, 0.2) is 5.65 Å². The molecule has 0 bridgehead atoms. The number of rotatable bonds is 6. The van der Waals surface area contributed by atoms with Crippen molar-refractivity contribution in [3.8, 4) is 0 Å². The molecule has 2 heterocycles. The van der Waals surface area contributed by atoms with E-state index in [0.717, 1.165) is 52.4 Å². The first-order valence-corrected chi connectivity index (χ1v) is 11.7. The first-order valence-electron chi connectivity index (χ1n) is 11.7. The van der Waals surface area contributed by atoms with Crippen LogP contribution in [-0.2, 0) is 22.2 Å². The molecule has 1 aliphatic carbocycles. The van der Waals surface area contributed by atoms with Crippen LogP contribution in [-0.4, -0.2) is 26.4 Å². The fraction of sp³-hybridized carbons (Fsp3) is 0.308. The molecule has 36 heavy (non-hydrogen) atoms. The quantitative estimate of drug-likeness (QED) is 0.373. The monoisotopic (exact) mass is 495 g/mol. The molecule has 1 fully saturated rings. The maximum absolute atomic E-state index is 13.7. The lowest BCUT2D eigenvalue weighted by atomic mass is 10.1. The first-order chi connectivity index (χ1) is 17.1. The third-order valence-corrected chi connectivity index (χ3v) is 6.43. The van der Waals surface area contributed by atoms with Crippen molar-refractivity contribution in [1.82, 2.24) is 14.6 Å². The van der Waals surface area contributed by atoms with E-state index < -0.39 is 17.6 Å². The van der Waals surface area contributed by atoms with Gasteiger partial charge in [0, 0.05) is 34.8 Å². The number of anilines is 2.